The van der Waals surface area contributed by atoms with Crippen LogP contribution in [0.15, 0.2) is 29.2 Å². The van der Waals surface area contributed by atoms with Gasteiger partial charge in [-0.3, -0.25) is 4.79 Å². The molecule has 0 aromatic heterocycles. The predicted molar refractivity (Wildman–Crippen MR) is 95.1 cm³/mol. The molecule has 144 valence electrons. The van der Waals surface area contributed by atoms with Crippen molar-refractivity contribution in [1.29, 1.82) is 0 Å². The number of carbonyl (C=O) groups excluding carboxylic acids is 1. The second-order valence-corrected chi connectivity index (χ2v) is 10.7. The van der Waals surface area contributed by atoms with Crippen molar-refractivity contribution in [2.24, 2.45) is 5.92 Å². The molecule has 1 atom stereocenters. The fourth-order valence-corrected chi connectivity index (χ4v) is 6.36. The summed E-state index contributed by atoms with van der Waals surface area (Å²) in [6, 6.07) is 5.77. The maximum Gasteiger partial charge on any atom is 0.251 e. The molecule has 2 aliphatic heterocycles. The number of hydrogen-bond acceptors (Lipinski definition) is 6. The van der Waals surface area contributed by atoms with Gasteiger partial charge in [0.05, 0.1) is 29.6 Å². The number of nitrogens with zero attached hydrogens (tertiary/aromatic N) is 1. The summed E-state index contributed by atoms with van der Waals surface area (Å²) in [6.45, 7) is 1.67. The fourth-order valence-electron chi connectivity index (χ4n) is 3.09. The molecule has 0 bridgehead atoms. The van der Waals surface area contributed by atoms with Gasteiger partial charge in [-0.05, 0) is 36.6 Å². The molecule has 2 saturated heterocycles. The zero-order chi connectivity index (χ0) is 18.8. The molecular weight excluding hydrogens is 380 g/mol. The van der Waals surface area contributed by atoms with E-state index in [0.717, 1.165) is 0 Å². The molecule has 0 radical (unpaired) electrons. The molecule has 2 heterocycles. The van der Waals surface area contributed by atoms with Gasteiger partial charge < -0.3 is 10.1 Å². The number of sulfone groups is 1. The van der Waals surface area contributed by atoms with Crippen LogP contribution in [0, 0.1) is 5.92 Å². The highest BCUT2D eigenvalue weighted by molar-refractivity contribution is 7.91. The van der Waals surface area contributed by atoms with Gasteiger partial charge in [0.15, 0.2) is 9.84 Å². The maximum absolute atomic E-state index is 12.5. The van der Waals surface area contributed by atoms with Gasteiger partial charge >= 0.3 is 0 Å². The molecule has 2 aliphatic rings. The monoisotopic (exact) mass is 402 g/mol. The Balaban J connectivity index is 1.61. The summed E-state index contributed by atoms with van der Waals surface area (Å²) < 4.78 is 54.5. The molecule has 1 N–H and O–H groups in total. The van der Waals surface area contributed by atoms with E-state index in [-0.39, 0.29) is 28.2 Å². The lowest BCUT2D eigenvalue weighted by Gasteiger charge is -2.26. The first kappa shape index (κ1) is 19.3. The number of morpholine rings is 1. The Morgan fingerprint density at radius 1 is 1.19 bits per heavy atom. The maximum atomic E-state index is 12.5. The van der Waals surface area contributed by atoms with Crippen LogP contribution in [-0.4, -0.2) is 71.4 Å². The molecule has 1 unspecified atom stereocenters. The van der Waals surface area contributed by atoms with Crippen molar-refractivity contribution in [2.75, 3.05) is 44.4 Å². The standard InChI is InChI=1S/C16H22N2O6S2/c19-16(17-11-13-5-10-25(20,21)12-13)14-1-3-15(4-2-14)26(22,23)18-6-8-24-9-7-18/h1-4,13H,5-12H2,(H,17,19). The van der Waals surface area contributed by atoms with Gasteiger partial charge in [0.2, 0.25) is 10.0 Å². The van der Waals surface area contributed by atoms with Crippen molar-refractivity contribution in [3.8, 4) is 0 Å². The van der Waals surface area contributed by atoms with Gasteiger partial charge in [-0.15, -0.1) is 0 Å². The van der Waals surface area contributed by atoms with Crippen molar-refractivity contribution < 1.29 is 26.4 Å². The molecule has 2 fully saturated rings. The summed E-state index contributed by atoms with van der Waals surface area (Å²) in [4.78, 5) is 12.3. The number of carbonyl (C=O) groups is 1. The molecule has 8 nitrogen and oxygen atoms in total. The van der Waals surface area contributed by atoms with Gasteiger partial charge in [-0.2, -0.15) is 4.31 Å². The van der Waals surface area contributed by atoms with Crippen molar-refractivity contribution >= 4 is 25.8 Å². The summed E-state index contributed by atoms with van der Waals surface area (Å²) in [6.07, 6.45) is 0.555. The first-order chi connectivity index (χ1) is 12.3. The van der Waals surface area contributed by atoms with E-state index in [9.17, 15) is 21.6 Å². The first-order valence-corrected chi connectivity index (χ1v) is 11.7. The Hall–Kier alpha value is -1.49. The summed E-state index contributed by atoms with van der Waals surface area (Å²) >= 11 is 0. The minimum absolute atomic E-state index is 0.0649. The quantitative estimate of drug-likeness (QED) is 0.735. The van der Waals surface area contributed by atoms with E-state index < -0.39 is 19.9 Å². The highest BCUT2D eigenvalue weighted by atomic mass is 32.2. The van der Waals surface area contributed by atoms with Crippen molar-refractivity contribution in [3.63, 3.8) is 0 Å². The van der Waals surface area contributed by atoms with Gasteiger partial charge in [0.25, 0.3) is 5.91 Å². The van der Waals surface area contributed by atoms with E-state index in [1.165, 1.54) is 28.6 Å². The number of nitrogens with one attached hydrogen (secondary N) is 1. The predicted octanol–water partition coefficient (Wildman–Crippen LogP) is -0.128. The number of benzene rings is 1. The van der Waals surface area contributed by atoms with Crippen molar-refractivity contribution in [1.82, 2.24) is 9.62 Å². The SMILES string of the molecule is O=C(NCC1CCS(=O)(=O)C1)c1ccc(S(=O)(=O)N2CCOCC2)cc1. The summed E-state index contributed by atoms with van der Waals surface area (Å²) in [5, 5.41) is 2.72. The van der Waals surface area contributed by atoms with Crippen LogP contribution in [0.3, 0.4) is 0 Å². The van der Waals surface area contributed by atoms with E-state index in [4.69, 9.17) is 4.74 Å². The van der Waals surface area contributed by atoms with E-state index in [1.807, 2.05) is 0 Å². The molecule has 1 amide bonds. The Kier molecular flexibility index (Phi) is 5.66. The van der Waals surface area contributed by atoms with E-state index in [0.29, 0.717) is 44.8 Å². The average Bonchev–Trinajstić information content (AvgIpc) is 2.99. The highest BCUT2D eigenvalue weighted by Crippen LogP contribution is 2.19. The highest BCUT2D eigenvalue weighted by Gasteiger charge is 2.28. The first-order valence-electron chi connectivity index (χ1n) is 8.44. The Bertz CT molecular complexity index is 859. The molecular formula is C16H22N2O6S2. The third-order valence-electron chi connectivity index (χ3n) is 4.60. The summed E-state index contributed by atoms with van der Waals surface area (Å²) in [5.41, 5.74) is 0.340. The van der Waals surface area contributed by atoms with E-state index >= 15 is 0 Å². The van der Waals surface area contributed by atoms with Gasteiger partial charge in [0, 0.05) is 25.2 Å². The smallest absolute Gasteiger partial charge is 0.251 e. The van der Waals surface area contributed by atoms with Gasteiger partial charge in [0.1, 0.15) is 0 Å². The Morgan fingerprint density at radius 2 is 1.85 bits per heavy atom. The number of hydrogen-bond donors (Lipinski definition) is 1. The number of amides is 1. The largest absolute Gasteiger partial charge is 0.379 e. The van der Waals surface area contributed by atoms with Crippen LogP contribution in [-0.2, 0) is 24.6 Å². The topological polar surface area (TPSA) is 110 Å². The molecule has 0 aliphatic carbocycles. The zero-order valence-corrected chi connectivity index (χ0v) is 15.9. The third-order valence-corrected chi connectivity index (χ3v) is 8.35. The van der Waals surface area contributed by atoms with Crippen LogP contribution >= 0.6 is 0 Å². The zero-order valence-electron chi connectivity index (χ0n) is 14.3. The molecule has 0 saturated carbocycles. The second-order valence-electron chi connectivity index (χ2n) is 6.52. The van der Waals surface area contributed by atoms with E-state index in [2.05, 4.69) is 5.32 Å². The number of rotatable bonds is 5. The number of ether oxygens (including phenoxy) is 1. The van der Waals surface area contributed by atoms with Crippen molar-refractivity contribution in [3.05, 3.63) is 29.8 Å². The van der Waals surface area contributed by atoms with Crippen LogP contribution in [0.5, 0.6) is 0 Å². The lowest BCUT2D eigenvalue weighted by atomic mass is 10.1. The normalized spacial score (nSPS) is 23.6. The second kappa shape index (κ2) is 7.63. The minimum atomic E-state index is -3.59. The summed E-state index contributed by atoms with van der Waals surface area (Å²) in [5.74, 6) is -0.138. The van der Waals surface area contributed by atoms with Crippen LogP contribution in [0.4, 0.5) is 0 Å². The van der Waals surface area contributed by atoms with Gasteiger partial charge in [-0.1, -0.05) is 0 Å². The molecule has 0 spiro atoms. The number of sulfonamides is 1. The molecule has 10 heteroatoms. The molecule has 26 heavy (non-hydrogen) atoms. The lowest BCUT2D eigenvalue weighted by molar-refractivity contribution is 0.0730. The lowest BCUT2D eigenvalue weighted by Crippen LogP contribution is -2.40. The summed E-state index contributed by atoms with van der Waals surface area (Å²) in [7, 11) is -6.56. The average molecular weight is 402 g/mol. The van der Waals surface area contributed by atoms with Crippen LogP contribution in [0.1, 0.15) is 16.8 Å². The van der Waals surface area contributed by atoms with Crippen molar-refractivity contribution in [2.45, 2.75) is 11.3 Å². The van der Waals surface area contributed by atoms with Crippen LogP contribution in [0.2, 0.25) is 0 Å². The third kappa shape index (κ3) is 4.43. The van der Waals surface area contributed by atoms with E-state index in [1.54, 1.807) is 0 Å². The molecule has 1 aromatic rings. The minimum Gasteiger partial charge on any atom is -0.379 e. The fraction of sp³-hybridized carbons (Fsp3) is 0.562. The Labute approximate surface area is 153 Å². The van der Waals surface area contributed by atoms with Crippen LogP contribution < -0.4 is 5.32 Å². The van der Waals surface area contributed by atoms with Gasteiger partial charge in [-0.25, -0.2) is 16.8 Å². The molecule has 1 aromatic carbocycles. The molecule has 3 rings (SSSR count). The Morgan fingerprint density at radius 3 is 2.42 bits per heavy atom. The van der Waals surface area contributed by atoms with Crippen LogP contribution in [0.25, 0.3) is 0 Å².